The highest BCUT2D eigenvalue weighted by Gasteiger charge is 2.75. The molecule has 2 unspecified atom stereocenters. The fourth-order valence-electron chi connectivity index (χ4n) is 6.84. The van der Waals surface area contributed by atoms with Gasteiger partial charge in [0.25, 0.3) is 5.91 Å². The maximum Gasteiger partial charge on any atom is 0.253 e. The fourth-order valence-corrected chi connectivity index (χ4v) is 7.16. The predicted molar refractivity (Wildman–Crippen MR) is 154 cm³/mol. The zero-order valence-corrected chi connectivity index (χ0v) is 23.3. The van der Waals surface area contributed by atoms with Crippen molar-refractivity contribution in [1.82, 2.24) is 4.90 Å². The van der Waals surface area contributed by atoms with Gasteiger partial charge < -0.3 is 24.5 Å². The number of nitrogens with zero attached hydrogens (tertiary/aromatic N) is 3. The minimum atomic E-state index is -1.19. The summed E-state index contributed by atoms with van der Waals surface area (Å²) in [7, 11) is 0. The number of likely N-dealkylation sites (tertiary alicyclic amines) is 1. The van der Waals surface area contributed by atoms with Gasteiger partial charge in [-0.1, -0.05) is 54.1 Å². The lowest BCUT2D eigenvalue weighted by Gasteiger charge is -2.37. The molecule has 0 aliphatic carbocycles. The zero-order chi connectivity index (χ0) is 28.6. The SMILES string of the molecule is C=CCN(C(=O)[C@@H]1[C@@H]2CCC3(O2)C(C(=O)N(CC=C)c2c(C)cccc2Cl)N(CCO)C(=O)[C@H]13)c1ccccc1. The quantitative estimate of drug-likeness (QED) is 0.445. The molecular weight excluding hydrogens is 530 g/mol. The molecule has 3 fully saturated rings. The second-order valence-electron chi connectivity index (χ2n) is 10.5. The van der Waals surface area contributed by atoms with E-state index in [4.69, 9.17) is 16.3 Å². The first-order chi connectivity index (χ1) is 19.3. The monoisotopic (exact) mass is 563 g/mol. The molecule has 9 heteroatoms. The Hall–Kier alpha value is -3.46. The van der Waals surface area contributed by atoms with E-state index in [2.05, 4.69) is 13.2 Å². The number of anilines is 2. The number of fused-ring (bicyclic) bond motifs is 1. The van der Waals surface area contributed by atoms with Crippen LogP contribution >= 0.6 is 11.6 Å². The van der Waals surface area contributed by atoms with Crippen LogP contribution in [0.3, 0.4) is 0 Å². The van der Waals surface area contributed by atoms with Crippen molar-refractivity contribution in [3.8, 4) is 0 Å². The standard InChI is InChI=1S/C31H34ClN3O5/c1-4-16-33(21-11-7-6-8-12-21)28(37)24-23-14-15-31(40-23)25(24)29(38)35(18-19-36)27(31)30(39)34(17-5-2)26-20(3)10-9-13-22(26)32/h4-13,23-25,27,36H,1-2,14-19H2,3H3/t23-,24+,25-,27?,31?/m0/s1. The van der Waals surface area contributed by atoms with Gasteiger partial charge in [0.15, 0.2) is 0 Å². The number of β-amino-alcohol motifs (C(OH)–C–C–N with tert-alkyl or cyclic N) is 1. The number of carbonyl (C=O) groups is 3. The third kappa shape index (κ3) is 4.35. The Balaban J connectivity index is 1.57. The van der Waals surface area contributed by atoms with E-state index < -0.39 is 29.6 Å². The molecule has 5 rings (SSSR count). The largest absolute Gasteiger partial charge is 0.395 e. The number of benzene rings is 2. The number of rotatable bonds is 10. The number of carbonyl (C=O) groups excluding carboxylic acids is 3. The van der Waals surface area contributed by atoms with Crippen molar-refractivity contribution in [1.29, 1.82) is 0 Å². The molecule has 2 aromatic carbocycles. The first-order valence-electron chi connectivity index (χ1n) is 13.5. The molecule has 8 nitrogen and oxygen atoms in total. The molecule has 3 aliphatic heterocycles. The van der Waals surface area contributed by atoms with Crippen LogP contribution in [0, 0.1) is 18.8 Å². The molecule has 3 heterocycles. The van der Waals surface area contributed by atoms with Gasteiger partial charge in [-0.05, 0) is 43.5 Å². The maximum absolute atomic E-state index is 14.5. The molecule has 2 bridgehead atoms. The Kier molecular flexibility index (Phi) is 7.86. The van der Waals surface area contributed by atoms with Crippen LogP contribution in [-0.4, -0.2) is 71.7 Å². The van der Waals surface area contributed by atoms with Crippen molar-refractivity contribution < 1.29 is 24.2 Å². The van der Waals surface area contributed by atoms with Crippen LogP contribution in [0.2, 0.25) is 5.02 Å². The Morgan fingerprint density at radius 2 is 1.80 bits per heavy atom. The van der Waals surface area contributed by atoms with Crippen molar-refractivity contribution in [2.75, 3.05) is 36.0 Å². The summed E-state index contributed by atoms with van der Waals surface area (Å²) >= 11 is 6.57. The van der Waals surface area contributed by atoms with Crippen molar-refractivity contribution in [2.24, 2.45) is 11.8 Å². The number of halogens is 1. The average Bonchev–Trinajstić information content (AvgIpc) is 3.59. The van der Waals surface area contributed by atoms with Gasteiger partial charge in [0.05, 0.1) is 35.3 Å². The highest BCUT2D eigenvalue weighted by Crippen LogP contribution is 2.59. The summed E-state index contributed by atoms with van der Waals surface area (Å²) < 4.78 is 6.56. The Labute approximate surface area is 239 Å². The Morgan fingerprint density at radius 1 is 1.10 bits per heavy atom. The summed E-state index contributed by atoms with van der Waals surface area (Å²) in [6, 6.07) is 13.6. The number of aliphatic hydroxyl groups excluding tert-OH is 1. The van der Waals surface area contributed by atoms with Gasteiger partial charge in [0, 0.05) is 25.3 Å². The van der Waals surface area contributed by atoms with E-state index in [1.54, 1.807) is 23.1 Å². The third-order valence-corrected chi connectivity index (χ3v) is 8.65. The summed E-state index contributed by atoms with van der Waals surface area (Å²) in [5, 5.41) is 10.3. The summed E-state index contributed by atoms with van der Waals surface area (Å²) in [6.07, 6.45) is 3.75. The summed E-state index contributed by atoms with van der Waals surface area (Å²) in [4.78, 5) is 47.3. The molecule has 0 radical (unpaired) electrons. The van der Waals surface area contributed by atoms with Crippen LogP contribution < -0.4 is 9.80 Å². The number of aryl methyl sites for hydroxylation is 1. The van der Waals surface area contributed by atoms with E-state index in [0.29, 0.717) is 29.2 Å². The second-order valence-corrected chi connectivity index (χ2v) is 10.9. The molecule has 40 heavy (non-hydrogen) atoms. The number of hydrogen-bond acceptors (Lipinski definition) is 5. The normalized spacial score (nSPS) is 26.5. The van der Waals surface area contributed by atoms with Gasteiger partial charge in [0.2, 0.25) is 11.8 Å². The van der Waals surface area contributed by atoms with E-state index in [9.17, 15) is 19.5 Å². The fraction of sp³-hybridized carbons (Fsp3) is 0.387. The zero-order valence-electron chi connectivity index (χ0n) is 22.5. The number of amides is 3. The molecule has 3 aliphatic rings. The second kappa shape index (κ2) is 11.2. The van der Waals surface area contributed by atoms with Crippen LogP contribution in [0.4, 0.5) is 11.4 Å². The van der Waals surface area contributed by atoms with Crippen molar-refractivity contribution >= 4 is 40.7 Å². The van der Waals surface area contributed by atoms with E-state index in [0.717, 1.165) is 5.56 Å². The minimum Gasteiger partial charge on any atom is -0.395 e. The highest BCUT2D eigenvalue weighted by molar-refractivity contribution is 6.34. The third-order valence-electron chi connectivity index (χ3n) is 8.34. The molecule has 210 valence electrons. The molecule has 3 saturated heterocycles. The van der Waals surface area contributed by atoms with Gasteiger partial charge in [0.1, 0.15) is 11.6 Å². The first-order valence-corrected chi connectivity index (χ1v) is 13.9. The summed E-state index contributed by atoms with van der Waals surface area (Å²) in [6.45, 7) is 9.55. The van der Waals surface area contributed by atoms with Crippen molar-refractivity contribution in [2.45, 2.75) is 37.5 Å². The predicted octanol–water partition coefficient (Wildman–Crippen LogP) is 3.75. The van der Waals surface area contributed by atoms with Crippen LogP contribution in [0.1, 0.15) is 18.4 Å². The molecule has 3 amide bonds. The highest BCUT2D eigenvalue weighted by atomic mass is 35.5. The molecule has 0 aromatic heterocycles. The number of para-hydroxylation sites is 2. The van der Waals surface area contributed by atoms with Crippen LogP contribution in [0.25, 0.3) is 0 Å². The molecule has 5 atom stereocenters. The van der Waals surface area contributed by atoms with E-state index in [-0.39, 0.29) is 44.0 Å². The lowest BCUT2D eigenvalue weighted by atomic mass is 9.70. The van der Waals surface area contributed by atoms with Gasteiger partial charge >= 0.3 is 0 Å². The molecule has 2 aromatic rings. The topological polar surface area (TPSA) is 90.4 Å². The van der Waals surface area contributed by atoms with Crippen LogP contribution in [0.5, 0.6) is 0 Å². The molecule has 1 N–H and O–H groups in total. The van der Waals surface area contributed by atoms with Crippen molar-refractivity contribution in [3.05, 3.63) is 84.4 Å². The number of hydrogen-bond donors (Lipinski definition) is 1. The molecule has 1 spiro atoms. The Morgan fingerprint density at radius 3 is 2.45 bits per heavy atom. The van der Waals surface area contributed by atoms with Gasteiger partial charge in [-0.2, -0.15) is 0 Å². The lowest BCUT2D eigenvalue weighted by molar-refractivity contribution is -0.141. The maximum atomic E-state index is 14.5. The van der Waals surface area contributed by atoms with E-state index >= 15 is 0 Å². The van der Waals surface area contributed by atoms with Crippen LogP contribution in [-0.2, 0) is 19.1 Å². The van der Waals surface area contributed by atoms with Crippen LogP contribution in [0.15, 0.2) is 73.8 Å². The number of aliphatic hydroxyl groups is 1. The van der Waals surface area contributed by atoms with E-state index in [1.807, 2.05) is 49.4 Å². The minimum absolute atomic E-state index is 0.0546. The van der Waals surface area contributed by atoms with Gasteiger partial charge in [-0.15, -0.1) is 13.2 Å². The van der Waals surface area contributed by atoms with Gasteiger partial charge in [-0.3, -0.25) is 14.4 Å². The average molecular weight is 564 g/mol. The molecular formula is C31H34ClN3O5. The Bertz CT molecular complexity index is 1310. The summed E-state index contributed by atoms with van der Waals surface area (Å²) in [5.74, 6) is -2.59. The smallest absolute Gasteiger partial charge is 0.253 e. The van der Waals surface area contributed by atoms with Crippen molar-refractivity contribution in [3.63, 3.8) is 0 Å². The lowest BCUT2D eigenvalue weighted by Crippen LogP contribution is -2.57. The van der Waals surface area contributed by atoms with Gasteiger partial charge in [-0.25, -0.2) is 0 Å². The molecule has 0 saturated carbocycles. The first kappa shape index (κ1) is 28.1. The number of ether oxygens (including phenoxy) is 1. The summed E-state index contributed by atoms with van der Waals surface area (Å²) in [5.41, 5.74) is 0.828. The van der Waals surface area contributed by atoms with E-state index in [1.165, 1.54) is 9.80 Å².